The molecule has 3 aromatic rings. The van der Waals surface area contributed by atoms with E-state index >= 15 is 0 Å². The molecule has 4 rings (SSSR count). The number of halogens is 1. The monoisotopic (exact) mass is 424 g/mol. The fourth-order valence-corrected chi connectivity index (χ4v) is 4.25. The number of anilines is 1. The number of hydrogen-bond acceptors (Lipinski definition) is 4. The number of hydrogen-bond donors (Lipinski definition) is 1. The van der Waals surface area contributed by atoms with E-state index in [1.165, 1.54) is 23.5 Å². The van der Waals surface area contributed by atoms with Gasteiger partial charge in [-0.3, -0.25) is 9.59 Å². The third-order valence-electron chi connectivity index (χ3n) is 4.93. The third kappa shape index (κ3) is 4.52. The van der Waals surface area contributed by atoms with E-state index in [1.807, 2.05) is 41.8 Å². The highest BCUT2D eigenvalue weighted by Crippen LogP contribution is 2.31. The smallest absolute Gasteiger partial charge is 0.227 e. The van der Waals surface area contributed by atoms with Crippen LogP contribution < -0.4 is 15.0 Å². The minimum absolute atomic E-state index is 0.0709. The number of nitrogens with one attached hydrogen (secondary N) is 1. The molecular formula is C23H21FN2O3S. The second-order valence-corrected chi connectivity index (χ2v) is 7.91. The van der Waals surface area contributed by atoms with Crippen molar-refractivity contribution in [2.75, 3.05) is 18.1 Å². The first-order valence-corrected chi connectivity index (χ1v) is 10.6. The number of nitrogens with zero attached hydrogens (tertiary/aromatic N) is 1. The lowest BCUT2D eigenvalue weighted by Crippen LogP contribution is -2.38. The maximum Gasteiger partial charge on any atom is 0.227 e. The van der Waals surface area contributed by atoms with Crippen molar-refractivity contribution in [1.82, 2.24) is 5.32 Å². The van der Waals surface area contributed by atoms with Crippen molar-refractivity contribution in [1.29, 1.82) is 0 Å². The summed E-state index contributed by atoms with van der Waals surface area (Å²) in [6.45, 7) is 0.894. The zero-order valence-corrected chi connectivity index (χ0v) is 17.0. The number of amides is 2. The SMILES string of the molecule is O=C(CCC(=O)N1CCOc2ccccc21)NC(c1ccc(F)cc1)c1cccs1. The van der Waals surface area contributed by atoms with E-state index in [1.54, 1.807) is 17.0 Å². The topological polar surface area (TPSA) is 58.6 Å². The van der Waals surface area contributed by atoms with Crippen molar-refractivity contribution in [3.63, 3.8) is 0 Å². The molecule has 7 heteroatoms. The summed E-state index contributed by atoms with van der Waals surface area (Å²) in [5.74, 6) is 0.00462. The first-order valence-electron chi connectivity index (χ1n) is 9.72. The van der Waals surface area contributed by atoms with Crippen LogP contribution in [-0.4, -0.2) is 25.0 Å². The average Bonchev–Trinajstić information content (AvgIpc) is 3.31. The Hall–Kier alpha value is -3.19. The highest BCUT2D eigenvalue weighted by molar-refractivity contribution is 7.10. The Labute approximate surface area is 178 Å². The average molecular weight is 424 g/mol. The Morgan fingerprint density at radius 1 is 1.07 bits per heavy atom. The van der Waals surface area contributed by atoms with Crippen LogP contribution in [0.15, 0.2) is 66.0 Å². The minimum atomic E-state index is -0.377. The van der Waals surface area contributed by atoms with Crippen molar-refractivity contribution in [3.05, 3.63) is 82.3 Å². The molecule has 0 saturated heterocycles. The van der Waals surface area contributed by atoms with Crippen molar-refractivity contribution < 1.29 is 18.7 Å². The summed E-state index contributed by atoms with van der Waals surface area (Å²) in [6, 6.07) is 16.9. The number of para-hydroxylation sites is 2. The summed E-state index contributed by atoms with van der Waals surface area (Å²) < 4.78 is 18.9. The second-order valence-electron chi connectivity index (χ2n) is 6.93. The van der Waals surface area contributed by atoms with Crippen LogP contribution in [0.5, 0.6) is 5.75 Å². The quantitative estimate of drug-likeness (QED) is 0.642. The molecule has 0 bridgehead atoms. The molecule has 0 radical (unpaired) electrons. The Balaban J connectivity index is 1.41. The maximum atomic E-state index is 13.3. The molecule has 0 saturated carbocycles. The van der Waals surface area contributed by atoms with E-state index in [0.717, 1.165) is 16.1 Å². The number of thiophene rings is 1. The van der Waals surface area contributed by atoms with Crippen molar-refractivity contribution in [2.45, 2.75) is 18.9 Å². The maximum absolute atomic E-state index is 13.3. The van der Waals surface area contributed by atoms with Gasteiger partial charge in [-0.15, -0.1) is 11.3 Å². The van der Waals surface area contributed by atoms with E-state index in [-0.39, 0.29) is 36.5 Å². The minimum Gasteiger partial charge on any atom is -0.490 e. The molecule has 2 amide bonds. The number of carbonyl (C=O) groups is 2. The van der Waals surface area contributed by atoms with Gasteiger partial charge in [0.05, 0.1) is 18.3 Å². The largest absolute Gasteiger partial charge is 0.490 e. The molecular weight excluding hydrogens is 403 g/mol. The summed E-state index contributed by atoms with van der Waals surface area (Å²) in [7, 11) is 0. The van der Waals surface area contributed by atoms with Crippen molar-refractivity contribution in [2.24, 2.45) is 0 Å². The van der Waals surface area contributed by atoms with Gasteiger partial charge in [0.1, 0.15) is 18.2 Å². The molecule has 2 aromatic carbocycles. The van der Waals surface area contributed by atoms with Gasteiger partial charge in [0.25, 0.3) is 0 Å². The molecule has 1 aromatic heterocycles. The van der Waals surface area contributed by atoms with Crippen LogP contribution in [0.1, 0.15) is 29.3 Å². The summed E-state index contributed by atoms with van der Waals surface area (Å²) in [6.07, 6.45) is 0.169. The molecule has 1 unspecified atom stereocenters. The number of carbonyl (C=O) groups excluding carboxylic acids is 2. The van der Waals surface area contributed by atoms with E-state index in [2.05, 4.69) is 5.32 Å². The normalized spacial score (nSPS) is 13.8. The third-order valence-corrected chi connectivity index (χ3v) is 5.87. The lowest BCUT2D eigenvalue weighted by Gasteiger charge is -2.29. The molecule has 2 heterocycles. The first kappa shape index (κ1) is 20.1. The standard InChI is InChI=1S/C23H21FN2O3S/c24-17-9-7-16(8-10-17)23(20-6-3-15-30-20)25-21(27)11-12-22(28)26-13-14-29-19-5-2-1-4-18(19)26/h1-10,15,23H,11-14H2,(H,25,27). The van der Waals surface area contributed by atoms with Gasteiger partial charge < -0.3 is 15.0 Å². The van der Waals surface area contributed by atoms with E-state index < -0.39 is 0 Å². The Bertz CT molecular complexity index is 1020. The van der Waals surface area contributed by atoms with Crippen LogP contribution in [0.4, 0.5) is 10.1 Å². The van der Waals surface area contributed by atoms with Crippen LogP contribution in [0.2, 0.25) is 0 Å². The number of rotatable bonds is 6. The van der Waals surface area contributed by atoms with E-state index in [9.17, 15) is 14.0 Å². The lowest BCUT2D eigenvalue weighted by molar-refractivity contribution is -0.125. The molecule has 0 aliphatic carbocycles. The summed E-state index contributed by atoms with van der Waals surface area (Å²) in [4.78, 5) is 28.0. The molecule has 0 fully saturated rings. The van der Waals surface area contributed by atoms with Crippen LogP contribution >= 0.6 is 11.3 Å². The Morgan fingerprint density at radius 2 is 1.87 bits per heavy atom. The van der Waals surface area contributed by atoms with Crippen molar-refractivity contribution in [3.8, 4) is 5.75 Å². The molecule has 1 aliphatic heterocycles. The Kier molecular flexibility index (Phi) is 6.09. The van der Waals surface area contributed by atoms with Gasteiger partial charge in [-0.25, -0.2) is 4.39 Å². The fraction of sp³-hybridized carbons (Fsp3) is 0.217. The van der Waals surface area contributed by atoms with Gasteiger partial charge in [-0.1, -0.05) is 30.3 Å². The number of ether oxygens (including phenoxy) is 1. The lowest BCUT2D eigenvalue weighted by atomic mass is 10.0. The molecule has 1 atom stereocenters. The molecule has 1 N–H and O–H groups in total. The Morgan fingerprint density at radius 3 is 2.63 bits per heavy atom. The number of benzene rings is 2. The van der Waals surface area contributed by atoms with Gasteiger partial charge in [0.2, 0.25) is 11.8 Å². The van der Waals surface area contributed by atoms with Gasteiger partial charge in [-0.2, -0.15) is 0 Å². The fourth-order valence-electron chi connectivity index (χ4n) is 3.45. The summed E-state index contributed by atoms with van der Waals surface area (Å²) in [5.41, 5.74) is 1.53. The predicted molar refractivity (Wildman–Crippen MR) is 114 cm³/mol. The zero-order chi connectivity index (χ0) is 20.9. The molecule has 30 heavy (non-hydrogen) atoms. The van der Waals surface area contributed by atoms with Crippen LogP contribution in [0.3, 0.4) is 0 Å². The second kappa shape index (κ2) is 9.09. The van der Waals surface area contributed by atoms with Gasteiger partial charge in [-0.05, 0) is 41.3 Å². The van der Waals surface area contributed by atoms with Gasteiger partial charge >= 0.3 is 0 Å². The zero-order valence-electron chi connectivity index (χ0n) is 16.2. The molecule has 0 spiro atoms. The van der Waals surface area contributed by atoms with E-state index in [4.69, 9.17) is 4.74 Å². The first-order chi connectivity index (χ1) is 14.6. The molecule has 1 aliphatic rings. The van der Waals surface area contributed by atoms with Crippen LogP contribution in [0, 0.1) is 5.82 Å². The molecule has 5 nitrogen and oxygen atoms in total. The van der Waals surface area contributed by atoms with Crippen molar-refractivity contribution >= 4 is 28.8 Å². The summed E-state index contributed by atoms with van der Waals surface area (Å²) >= 11 is 1.51. The summed E-state index contributed by atoms with van der Waals surface area (Å²) in [5, 5.41) is 4.91. The van der Waals surface area contributed by atoms with Crippen LogP contribution in [0.25, 0.3) is 0 Å². The van der Waals surface area contributed by atoms with E-state index in [0.29, 0.717) is 18.9 Å². The predicted octanol–water partition coefficient (Wildman–Crippen LogP) is 4.30. The van der Waals surface area contributed by atoms with Crippen LogP contribution in [-0.2, 0) is 9.59 Å². The number of fused-ring (bicyclic) bond motifs is 1. The highest BCUT2D eigenvalue weighted by atomic mass is 32.1. The van der Waals surface area contributed by atoms with Gasteiger partial charge in [0.15, 0.2) is 0 Å². The highest BCUT2D eigenvalue weighted by Gasteiger charge is 2.24. The van der Waals surface area contributed by atoms with Gasteiger partial charge in [0, 0.05) is 17.7 Å². The molecule has 154 valence electrons.